The van der Waals surface area contributed by atoms with E-state index in [1.807, 2.05) is 0 Å². The van der Waals surface area contributed by atoms with Crippen LogP contribution in [0.4, 0.5) is 0 Å². The van der Waals surface area contributed by atoms with Crippen molar-refractivity contribution in [2.24, 2.45) is 0 Å². The zero-order valence-corrected chi connectivity index (χ0v) is 7.68. The summed E-state index contributed by atoms with van der Waals surface area (Å²) in [4.78, 5) is 0. The predicted octanol–water partition coefficient (Wildman–Crippen LogP) is -0.254. The fourth-order valence-electron chi connectivity index (χ4n) is 1.14. The van der Waals surface area contributed by atoms with Crippen LogP contribution in [0.3, 0.4) is 0 Å². The van der Waals surface area contributed by atoms with E-state index < -0.39 is 7.32 Å². The Kier molecular flexibility index (Phi) is 8.33. The van der Waals surface area contributed by atoms with E-state index in [1.165, 1.54) is 32.1 Å². The average Bonchev–Trinajstić information content (AvgIpc) is 2.05. The van der Waals surface area contributed by atoms with Crippen molar-refractivity contribution >= 4 is 7.32 Å². The molecule has 1 saturated carbocycles. The molecule has 76 valence electrons. The van der Waals surface area contributed by atoms with Crippen LogP contribution in [0.25, 0.3) is 0 Å². The van der Waals surface area contributed by atoms with Crippen molar-refractivity contribution in [2.45, 2.75) is 38.2 Å². The van der Waals surface area contributed by atoms with Gasteiger partial charge in [0.25, 0.3) is 0 Å². The Hall–Kier alpha value is 0.424. The van der Waals surface area contributed by atoms with Crippen LogP contribution < -0.4 is 0 Å². The van der Waals surface area contributed by atoms with Crippen LogP contribution in [0.2, 0.25) is 0 Å². The summed E-state index contributed by atoms with van der Waals surface area (Å²) >= 11 is 4.60. The molecule has 0 aromatic heterocycles. The Balaban J connectivity index is 0.000000261. The van der Waals surface area contributed by atoms with Gasteiger partial charge in [-0.1, -0.05) is 0 Å². The van der Waals surface area contributed by atoms with Crippen molar-refractivity contribution < 1.29 is 35.2 Å². The third-order valence-corrected chi connectivity index (χ3v) is 1.97. The van der Waals surface area contributed by atoms with Crippen LogP contribution in [-0.4, -0.2) is 28.5 Å². The van der Waals surface area contributed by atoms with E-state index in [2.05, 4.69) is 16.3 Å². The van der Waals surface area contributed by atoms with Crippen LogP contribution in [0.15, 0.2) is 0 Å². The molecule has 6 heteroatoms. The van der Waals surface area contributed by atoms with Gasteiger partial charge in [-0.15, -0.1) is 0 Å². The Bertz CT molecular complexity index is 94.8. The van der Waals surface area contributed by atoms with E-state index in [9.17, 15) is 0 Å². The second kappa shape index (κ2) is 8.04. The molecule has 3 N–H and O–H groups in total. The molecule has 0 atom stereocenters. The molecule has 0 amide bonds. The van der Waals surface area contributed by atoms with Gasteiger partial charge in [0, 0.05) is 0 Å². The van der Waals surface area contributed by atoms with Gasteiger partial charge in [-0.25, -0.2) is 0 Å². The molecule has 0 bridgehead atoms. The van der Waals surface area contributed by atoms with Gasteiger partial charge in [-0.2, -0.15) is 0 Å². The minimum atomic E-state index is -2.17. The van der Waals surface area contributed by atoms with Gasteiger partial charge in [0.2, 0.25) is 0 Å². The molecule has 0 heterocycles. The summed E-state index contributed by atoms with van der Waals surface area (Å²) in [6.45, 7) is 0. The second-order valence-corrected chi connectivity index (χ2v) is 2.90. The molecular formula is C6H14BCuO4. The number of rotatable bonds is 1. The summed E-state index contributed by atoms with van der Waals surface area (Å²) in [7, 11) is -2.17. The van der Waals surface area contributed by atoms with E-state index in [0.29, 0.717) is 6.10 Å². The van der Waals surface area contributed by atoms with E-state index in [1.54, 1.807) is 0 Å². The zero-order chi connectivity index (χ0) is 9.40. The molecule has 1 fully saturated rings. The first-order chi connectivity index (χ1) is 5.66. The first-order valence-corrected chi connectivity index (χ1v) is 4.33. The molecule has 0 aliphatic heterocycles. The SMILES string of the molecule is OB(O)O.[Cu][O]C1CCCCC1. The van der Waals surface area contributed by atoms with Gasteiger partial charge in [0.05, 0.1) is 0 Å². The van der Waals surface area contributed by atoms with Gasteiger partial charge in [0.1, 0.15) is 0 Å². The van der Waals surface area contributed by atoms with Crippen molar-refractivity contribution in [3.8, 4) is 0 Å². The molecule has 1 rings (SSSR count). The summed E-state index contributed by atoms with van der Waals surface area (Å²) < 4.78 is 4.75. The fourth-order valence-corrected chi connectivity index (χ4v) is 1.36. The fraction of sp³-hybridized carbons (Fsp3) is 1.00. The molecule has 0 spiro atoms. The van der Waals surface area contributed by atoms with Gasteiger partial charge >= 0.3 is 65.7 Å². The third-order valence-electron chi connectivity index (χ3n) is 1.65. The molecule has 12 heavy (non-hydrogen) atoms. The van der Waals surface area contributed by atoms with Crippen molar-refractivity contribution in [1.82, 2.24) is 0 Å². The molecule has 0 saturated heterocycles. The zero-order valence-electron chi connectivity index (χ0n) is 6.74. The number of hydrogen-bond acceptors (Lipinski definition) is 4. The molecule has 1 aliphatic rings. The number of hydrogen-bond donors (Lipinski definition) is 3. The Labute approximate surface area is 81.3 Å². The van der Waals surface area contributed by atoms with E-state index >= 15 is 0 Å². The van der Waals surface area contributed by atoms with E-state index in [-0.39, 0.29) is 0 Å². The van der Waals surface area contributed by atoms with Crippen molar-refractivity contribution in [3.05, 3.63) is 0 Å². The van der Waals surface area contributed by atoms with E-state index in [0.717, 1.165) is 0 Å². The third kappa shape index (κ3) is 8.52. The van der Waals surface area contributed by atoms with E-state index in [4.69, 9.17) is 18.9 Å². The average molecular weight is 225 g/mol. The summed E-state index contributed by atoms with van der Waals surface area (Å²) in [5.41, 5.74) is 0. The molecule has 0 radical (unpaired) electrons. The minimum absolute atomic E-state index is 0.392. The topological polar surface area (TPSA) is 69.9 Å². The van der Waals surface area contributed by atoms with Gasteiger partial charge in [0.15, 0.2) is 0 Å². The Morgan fingerprint density at radius 2 is 1.50 bits per heavy atom. The van der Waals surface area contributed by atoms with Crippen LogP contribution >= 0.6 is 0 Å². The normalized spacial score (nSPS) is 18.1. The van der Waals surface area contributed by atoms with Crippen LogP contribution in [-0.2, 0) is 20.2 Å². The molecule has 4 nitrogen and oxygen atoms in total. The first-order valence-electron chi connectivity index (χ1n) is 3.95. The molecular weight excluding hydrogens is 210 g/mol. The first kappa shape index (κ1) is 12.4. The molecule has 0 aromatic carbocycles. The second-order valence-electron chi connectivity index (χ2n) is 2.68. The molecule has 0 aromatic rings. The molecule has 1 aliphatic carbocycles. The summed E-state index contributed by atoms with van der Waals surface area (Å²) in [5.74, 6) is 0. The van der Waals surface area contributed by atoms with Crippen LogP contribution in [0, 0.1) is 0 Å². The summed E-state index contributed by atoms with van der Waals surface area (Å²) in [5, 5.41) is 21.5. The predicted molar refractivity (Wildman–Crippen MR) is 40.4 cm³/mol. The Morgan fingerprint density at radius 3 is 1.75 bits per heavy atom. The summed E-state index contributed by atoms with van der Waals surface area (Å²) in [6.07, 6.45) is 6.72. The van der Waals surface area contributed by atoms with Gasteiger partial charge in [-0.05, 0) is 0 Å². The van der Waals surface area contributed by atoms with Gasteiger partial charge < -0.3 is 15.1 Å². The van der Waals surface area contributed by atoms with Crippen LogP contribution in [0.5, 0.6) is 0 Å². The molecule has 0 unspecified atom stereocenters. The Morgan fingerprint density at radius 1 is 1.08 bits per heavy atom. The maximum atomic E-state index is 7.17. The van der Waals surface area contributed by atoms with Crippen molar-refractivity contribution in [1.29, 1.82) is 0 Å². The standard InChI is InChI=1S/C6H11O.BH3O3.Cu/c7-6-4-2-1-3-5-6;2-1(3)4;/h6H,1-5H2;2-4H;/q-1;;+1. The van der Waals surface area contributed by atoms with Gasteiger partial charge in [-0.3, -0.25) is 0 Å². The van der Waals surface area contributed by atoms with Crippen molar-refractivity contribution in [3.63, 3.8) is 0 Å². The van der Waals surface area contributed by atoms with Crippen molar-refractivity contribution in [2.75, 3.05) is 0 Å². The quantitative estimate of drug-likeness (QED) is 0.537. The monoisotopic (exact) mass is 224 g/mol. The maximum absolute atomic E-state index is 7.17. The van der Waals surface area contributed by atoms with Crippen LogP contribution in [0.1, 0.15) is 32.1 Å². The summed E-state index contributed by atoms with van der Waals surface area (Å²) in [6, 6.07) is 0.